The summed E-state index contributed by atoms with van der Waals surface area (Å²) in [6.07, 6.45) is 0.930. The van der Waals surface area contributed by atoms with E-state index in [2.05, 4.69) is 22.5 Å². The molecule has 0 radical (unpaired) electrons. The predicted octanol–water partition coefficient (Wildman–Crippen LogP) is 1.47. The Bertz CT molecular complexity index is 323. The molecule has 1 N–H and O–H groups in total. The van der Waals surface area contributed by atoms with E-state index in [9.17, 15) is 4.79 Å². The largest absolute Gasteiger partial charge is 0.277 e. The normalized spacial score (nSPS) is 24.4. The van der Waals surface area contributed by atoms with Crippen LogP contribution in [0.5, 0.6) is 0 Å². The second-order valence-electron chi connectivity index (χ2n) is 3.53. The van der Waals surface area contributed by atoms with E-state index in [0.717, 1.165) is 6.42 Å². The Balaban J connectivity index is 1.96. The molecule has 2 atom stereocenters. The molecule has 74 valence electrons. The summed E-state index contributed by atoms with van der Waals surface area (Å²) in [6.45, 7) is 0. The first kappa shape index (κ1) is 9.21. The van der Waals surface area contributed by atoms with Gasteiger partial charge in [0, 0.05) is 5.92 Å². The van der Waals surface area contributed by atoms with Crippen LogP contribution in [0.2, 0.25) is 0 Å². The fourth-order valence-electron chi connectivity index (χ4n) is 1.73. The average Bonchev–Trinajstić information content (AvgIpc) is 2.99. The van der Waals surface area contributed by atoms with Crippen LogP contribution in [0.3, 0.4) is 0 Å². The average molecular weight is 191 g/mol. The van der Waals surface area contributed by atoms with E-state index in [-0.39, 0.29) is 11.8 Å². The summed E-state index contributed by atoms with van der Waals surface area (Å²) in [6, 6.07) is 10.1. The number of benzene rings is 1. The highest BCUT2D eigenvalue weighted by molar-refractivity contribution is 5.81. The molecule has 2 rings (SSSR count). The van der Waals surface area contributed by atoms with Gasteiger partial charge in [0.05, 0.1) is 7.11 Å². The Morgan fingerprint density at radius 3 is 2.79 bits per heavy atom. The smallest absolute Gasteiger partial charge is 0.247 e. The molecule has 3 nitrogen and oxygen atoms in total. The lowest BCUT2D eigenvalue weighted by atomic mass is 10.1. The third kappa shape index (κ3) is 1.77. The van der Waals surface area contributed by atoms with Crippen LogP contribution in [0.4, 0.5) is 0 Å². The first-order valence-corrected chi connectivity index (χ1v) is 4.70. The Labute approximate surface area is 83.0 Å². The molecule has 1 aliphatic rings. The lowest BCUT2D eigenvalue weighted by Gasteiger charge is -2.00. The Kier molecular flexibility index (Phi) is 2.50. The number of hydroxylamine groups is 1. The SMILES string of the molecule is CONC(=O)[C@@H]1C[C@H]1c1ccccc1. The van der Waals surface area contributed by atoms with Crippen LogP contribution >= 0.6 is 0 Å². The van der Waals surface area contributed by atoms with Gasteiger partial charge in [0.2, 0.25) is 5.91 Å². The second kappa shape index (κ2) is 3.80. The lowest BCUT2D eigenvalue weighted by molar-refractivity contribution is -0.132. The van der Waals surface area contributed by atoms with Crippen LogP contribution in [0.1, 0.15) is 17.9 Å². The molecular formula is C11H13NO2. The Morgan fingerprint density at radius 1 is 1.43 bits per heavy atom. The number of rotatable bonds is 3. The number of nitrogens with one attached hydrogen (secondary N) is 1. The van der Waals surface area contributed by atoms with Crippen LogP contribution in [0.25, 0.3) is 0 Å². The van der Waals surface area contributed by atoms with Gasteiger partial charge >= 0.3 is 0 Å². The van der Waals surface area contributed by atoms with Gasteiger partial charge in [-0.3, -0.25) is 9.63 Å². The van der Waals surface area contributed by atoms with E-state index in [4.69, 9.17) is 0 Å². The molecule has 14 heavy (non-hydrogen) atoms. The van der Waals surface area contributed by atoms with E-state index in [0.29, 0.717) is 5.92 Å². The molecule has 3 heteroatoms. The lowest BCUT2D eigenvalue weighted by Crippen LogP contribution is -2.23. The van der Waals surface area contributed by atoms with Crippen molar-refractivity contribution < 1.29 is 9.63 Å². The summed E-state index contributed by atoms with van der Waals surface area (Å²) in [4.78, 5) is 15.9. The molecule has 1 aromatic carbocycles. The van der Waals surface area contributed by atoms with Crippen molar-refractivity contribution >= 4 is 5.91 Å². The van der Waals surface area contributed by atoms with Gasteiger partial charge in [-0.15, -0.1) is 0 Å². The maximum Gasteiger partial charge on any atom is 0.247 e. The quantitative estimate of drug-likeness (QED) is 0.735. The van der Waals surface area contributed by atoms with Gasteiger partial charge in [-0.25, -0.2) is 5.48 Å². The standard InChI is InChI=1S/C11H13NO2/c1-14-12-11(13)10-7-9(10)8-5-3-2-4-6-8/h2-6,9-10H,7H2,1H3,(H,12,13)/t9-,10+/m0/s1. The summed E-state index contributed by atoms with van der Waals surface area (Å²) in [5.41, 5.74) is 3.61. The van der Waals surface area contributed by atoms with Crippen molar-refractivity contribution in [2.45, 2.75) is 12.3 Å². The van der Waals surface area contributed by atoms with Crippen molar-refractivity contribution in [3.8, 4) is 0 Å². The van der Waals surface area contributed by atoms with E-state index in [1.54, 1.807) is 0 Å². The number of amides is 1. The number of carbonyl (C=O) groups excluding carboxylic acids is 1. The molecule has 0 spiro atoms. The van der Waals surface area contributed by atoms with Crippen molar-refractivity contribution in [1.82, 2.24) is 5.48 Å². The Morgan fingerprint density at radius 2 is 2.14 bits per heavy atom. The maximum absolute atomic E-state index is 11.4. The summed E-state index contributed by atoms with van der Waals surface area (Å²) in [5, 5.41) is 0. The van der Waals surface area contributed by atoms with Crippen molar-refractivity contribution in [2.75, 3.05) is 7.11 Å². The van der Waals surface area contributed by atoms with Gasteiger partial charge in [0.15, 0.2) is 0 Å². The molecule has 1 fully saturated rings. The molecule has 0 unspecified atom stereocenters. The molecular weight excluding hydrogens is 178 g/mol. The zero-order valence-electron chi connectivity index (χ0n) is 8.07. The van der Waals surface area contributed by atoms with Crippen LogP contribution in [0.15, 0.2) is 30.3 Å². The van der Waals surface area contributed by atoms with E-state index >= 15 is 0 Å². The molecule has 0 saturated heterocycles. The third-order valence-electron chi connectivity index (χ3n) is 2.56. The van der Waals surface area contributed by atoms with Gasteiger partial charge in [-0.2, -0.15) is 0 Å². The number of hydrogen-bond donors (Lipinski definition) is 1. The van der Waals surface area contributed by atoms with Crippen LogP contribution in [0, 0.1) is 5.92 Å². The molecule has 1 aliphatic carbocycles. The summed E-state index contributed by atoms with van der Waals surface area (Å²) < 4.78 is 0. The molecule has 1 aromatic rings. The zero-order chi connectivity index (χ0) is 9.97. The van der Waals surface area contributed by atoms with Crippen molar-refractivity contribution in [2.24, 2.45) is 5.92 Å². The van der Waals surface area contributed by atoms with Crippen LogP contribution in [-0.4, -0.2) is 13.0 Å². The Hall–Kier alpha value is -1.35. The van der Waals surface area contributed by atoms with Gasteiger partial charge in [0.1, 0.15) is 0 Å². The van der Waals surface area contributed by atoms with Gasteiger partial charge < -0.3 is 0 Å². The zero-order valence-corrected chi connectivity index (χ0v) is 8.07. The highest BCUT2D eigenvalue weighted by Gasteiger charge is 2.43. The van der Waals surface area contributed by atoms with Crippen molar-refractivity contribution in [3.63, 3.8) is 0 Å². The molecule has 0 aromatic heterocycles. The number of hydrogen-bond acceptors (Lipinski definition) is 2. The first-order chi connectivity index (χ1) is 6.83. The molecule has 0 bridgehead atoms. The van der Waals surface area contributed by atoms with Gasteiger partial charge in [0.25, 0.3) is 0 Å². The fraction of sp³-hybridized carbons (Fsp3) is 0.364. The molecule has 1 saturated carbocycles. The summed E-state index contributed by atoms with van der Waals surface area (Å²) in [7, 11) is 1.46. The maximum atomic E-state index is 11.4. The second-order valence-corrected chi connectivity index (χ2v) is 3.53. The van der Waals surface area contributed by atoms with E-state index in [1.165, 1.54) is 12.7 Å². The van der Waals surface area contributed by atoms with Crippen molar-refractivity contribution in [1.29, 1.82) is 0 Å². The van der Waals surface area contributed by atoms with Crippen LogP contribution in [-0.2, 0) is 9.63 Å². The first-order valence-electron chi connectivity index (χ1n) is 4.70. The summed E-state index contributed by atoms with van der Waals surface area (Å²) >= 11 is 0. The fourth-order valence-corrected chi connectivity index (χ4v) is 1.73. The minimum absolute atomic E-state index is 0.0126. The molecule has 1 amide bonds. The highest BCUT2D eigenvalue weighted by atomic mass is 16.6. The van der Waals surface area contributed by atoms with E-state index < -0.39 is 0 Å². The monoisotopic (exact) mass is 191 g/mol. The third-order valence-corrected chi connectivity index (χ3v) is 2.56. The minimum atomic E-state index is -0.0126. The highest BCUT2D eigenvalue weighted by Crippen LogP contribution is 2.47. The summed E-state index contributed by atoms with van der Waals surface area (Å²) in [5.74, 6) is 0.463. The van der Waals surface area contributed by atoms with Gasteiger partial charge in [-0.1, -0.05) is 30.3 Å². The molecule has 0 aliphatic heterocycles. The predicted molar refractivity (Wildman–Crippen MR) is 52.4 cm³/mol. The van der Waals surface area contributed by atoms with Crippen molar-refractivity contribution in [3.05, 3.63) is 35.9 Å². The molecule has 0 heterocycles. The van der Waals surface area contributed by atoms with E-state index in [1.807, 2.05) is 18.2 Å². The minimum Gasteiger partial charge on any atom is -0.277 e. The van der Waals surface area contributed by atoms with Crippen LogP contribution < -0.4 is 5.48 Å². The van der Waals surface area contributed by atoms with Gasteiger partial charge in [-0.05, 0) is 17.9 Å². The number of carbonyl (C=O) groups is 1. The topological polar surface area (TPSA) is 38.3 Å².